The van der Waals surface area contributed by atoms with E-state index in [1.165, 1.54) is 14.0 Å². The Morgan fingerprint density at radius 3 is 2.59 bits per heavy atom. The van der Waals surface area contributed by atoms with Crippen molar-refractivity contribution in [2.24, 2.45) is 0 Å². The van der Waals surface area contributed by atoms with Crippen LogP contribution in [0.5, 0.6) is 0 Å². The van der Waals surface area contributed by atoms with Gasteiger partial charge in [0.2, 0.25) is 11.8 Å². The number of rotatable bonds is 11. The SMILES string of the molecule is C/C=C(\CCc1nnc(NC2CN(c3cc(F)c(C(C=O)CCC(=O)NC)c(F)c3Cl)C2)o1)C(F)(F)F. The van der Waals surface area contributed by atoms with Gasteiger partial charge in [0, 0.05) is 50.0 Å². The summed E-state index contributed by atoms with van der Waals surface area (Å²) >= 11 is 6.16. The quantitative estimate of drug-likeness (QED) is 0.183. The molecular weight excluding hydrogens is 525 g/mol. The zero-order valence-corrected chi connectivity index (χ0v) is 20.7. The third-order valence-electron chi connectivity index (χ3n) is 6.01. The van der Waals surface area contributed by atoms with Gasteiger partial charge >= 0.3 is 12.2 Å². The lowest BCUT2D eigenvalue weighted by Crippen LogP contribution is -2.55. The number of carbonyl (C=O) groups excluding carboxylic acids is 2. The predicted octanol–water partition coefficient (Wildman–Crippen LogP) is 4.55. The Kier molecular flexibility index (Phi) is 9.11. The minimum atomic E-state index is -4.43. The molecule has 1 saturated heterocycles. The van der Waals surface area contributed by atoms with Crippen molar-refractivity contribution in [2.75, 3.05) is 30.4 Å². The molecule has 37 heavy (non-hydrogen) atoms. The molecule has 0 radical (unpaired) electrons. The topological polar surface area (TPSA) is 100 Å². The number of nitrogens with one attached hydrogen (secondary N) is 2. The van der Waals surface area contributed by atoms with E-state index in [0.29, 0.717) is 6.29 Å². The summed E-state index contributed by atoms with van der Waals surface area (Å²) in [4.78, 5) is 24.5. The summed E-state index contributed by atoms with van der Waals surface area (Å²) in [5.41, 5.74) is -1.09. The molecule has 1 aliphatic heterocycles. The number of aryl methyl sites for hydroxylation is 1. The lowest BCUT2D eigenvalue weighted by atomic mass is 9.93. The summed E-state index contributed by atoms with van der Waals surface area (Å²) < 4.78 is 73.6. The van der Waals surface area contributed by atoms with Gasteiger partial charge in [-0.05, 0) is 25.8 Å². The molecule has 8 nitrogen and oxygen atoms in total. The number of benzene rings is 1. The maximum absolute atomic E-state index is 15.0. The van der Waals surface area contributed by atoms with E-state index in [1.807, 2.05) is 0 Å². The van der Waals surface area contributed by atoms with Crippen LogP contribution in [0.15, 0.2) is 22.1 Å². The van der Waals surface area contributed by atoms with Crippen LogP contribution in [0.1, 0.15) is 43.6 Å². The number of halogens is 6. The molecular formula is C23H25ClF5N5O3. The normalized spacial score (nSPS) is 15.4. The Morgan fingerprint density at radius 1 is 1.30 bits per heavy atom. The van der Waals surface area contributed by atoms with Gasteiger partial charge in [-0.2, -0.15) is 13.2 Å². The van der Waals surface area contributed by atoms with Gasteiger partial charge in [-0.25, -0.2) is 8.78 Å². The Balaban J connectivity index is 1.60. The second kappa shape index (κ2) is 11.9. The Bertz CT molecular complexity index is 1160. The van der Waals surface area contributed by atoms with Gasteiger partial charge in [-0.15, -0.1) is 5.10 Å². The molecule has 14 heteroatoms. The summed E-state index contributed by atoms with van der Waals surface area (Å²) in [6, 6.07) is 0.793. The Morgan fingerprint density at radius 2 is 2.00 bits per heavy atom. The average Bonchev–Trinajstić information content (AvgIpc) is 3.27. The van der Waals surface area contributed by atoms with Crippen LogP contribution < -0.4 is 15.5 Å². The molecule has 1 aromatic heterocycles. The molecule has 0 spiro atoms. The number of hydrogen-bond donors (Lipinski definition) is 2. The number of anilines is 2. The van der Waals surface area contributed by atoms with Gasteiger partial charge in [0.1, 0.15) is 17.1 Å². The first kappa shape index (κ1) is 28.4. The van der Waals surface area contributed by atoms with E-state index < -0.39 is 34.9 Å². The van der Waals surface area contributed by atoms with Crippen molar-refractivity contribution in [3.05, 3.63) is 45.8 Å². The van der Waals surface area contributed by atoms with Crippen LogP contribution in [0, 0.1) is 11.6 Å². The van der Waals surface area contributed by atoms with Crippen LogP contribution in [-0.2, 0) is 16.0 Å². The number of amides is 1. The van der Waals surface area contributed by atoms with Crippen molar-refractivity contribution in [2.45, 2.75) is 50.7 Å². The first-order valence-corrected chi connectivity index (χ1v) is 11.8. The van der Waals surface area contributed by atoms with Gasteiger partial charge in [0.05, 0.1) is 11.7 Å². The highest BCUT2D eigenvalue weighted by molar-refractivity contribution is 6.33. The fourth-order valence-corrected chi connectivity index (χ4v) is 4.18. The van der Waals surface area contributed by atoms with Crippen molar-refractivity contribution in [3.8, 4) is 0 Å². The van der Waals surface area contributed by atoms with Gasteiger partial charge in [0.25, 0.3) is 0 Å². The molecule has 1 atom stereocenters. The standard InChI is InChI=1S/C23H25ClF5N5O3/c1-3-13(23(27,28)29)5-7-18-32-33-22(37-18)31-14-9-34(10-14)16-8-15(25)19(21(26)20(16)24)12(11-35)4-6-17(36)30-2/h3,8,11-12,14H,4-7,9-10H2,1-2H3,(H,30,36)(H,31,33)/b13-3+. The van der Waals surface area contributed by atoms with Crippen LogP contribution >= 0.6 is 11.6 Å². The zero-order valence-electron chi connectivity index (χ0n) is 20.0. The maximum Gasteiger partial charge on any atom is 0.412 e. The number of aldehydes is 1. The zero-order chi connectivity index (χ0) is 27.3. The second-order valence-electron chi connectivity index (χ2n) is 8.43. The Labute approximate surface area is 214 Å². The highest BCUT2D eigenvalue weighted by atomic mass is 35.5. The van der Waals surface area contributed by atoms with E-state index >= 15 is 0 Å². The fraction of sp³-hybridized carbons (Fsp3) is 0.478. The number of hydrogen-bond acceptors (Lipinski definition) is 7. The number of aromatic nitrogens is 2. The van der Waals surface area contributed by atoms with Crippen molar-refractivity contribution < 1.29 is 36.0 Å². The van der Waals surface area contributed by atoms with Crippen LogP contribution in [-0.4, -0.2) is 54.7 Å². The minimum Gasteiger partial charge on any atom is -0.408 e. The van der Waals surface area contributed by atoms with E-state index in [4.69, 9.17) is 16.0 Å². The van der Waals surface area contributed by atoms with Crippen LogP contribution in [0.3, 0.4) is 0 Å². The number of alkyl halides is 3. The summed E-state index contributed by atoms with van der Waals surface area (Å²) in [5.74, 6) is -3.54. The molecule has 202 valence electrons. The smallest absolute Gasteiger partial charge is 0.408 e. The van der Waals surface area contributed by atoms with Gasteiger partial charge in [0.15, 0.2) is 5.82 Å². The second-order valence-corrected chi connectivity index (χ2v) is 8.81. The maximum atomic E-state index is 15.0. The average molecular weight is 550 g/mol. The predicted molar refractivity (Wildman–Crippen MR) is 126 cm³/mol. The van der Waals surface area contributed by atoms with Gasteiger partial charge in [-0.1, -0.05) is 22.8 Å². The molecule has 1 fully saturated rings. The molecule has 1 aliphatic rings. The van der Waals surface area contributed by atoms with Crippen molar-refractivity contribution >= 4 is 35.5 Å². The Hall–Kier alpha value is -3.22. The number of carbonyl (C=O) groups is 2. The third-order valence-corrected chi connectivity index (χ3v) is 6.37. The molecule has 0 bridgehead atoms. The third kappa shape index (κ3) is 6.76. The first-order chi connectivity index (χ1) is 17.5. The first-order valence-electron chi connectivity index (χ1n) is 11.4. The molecule has 0 aliphatic carbocycles. The number of nitrogens with zero attached hydrogens (tertiary/aromatic N) is 3. The van der Waals surface area contributed by atoms with Crippen molar-refractivity contribution in [1.82, 2.24) is 15.5 Å². The van der Waals surface area contributed by atoms with Crippen LogP contribution in [0.25, 0.3) is 0 Å². The van der Waals surface area contributed by atoms with Crippen LogP contribution in [0.2, 0.25) is 5.02 Å². The summed E-state index contributed by atoms with van der Waals surface area (Å²) in [6.45, 7) is 1.83. The number of allylic oxidation sites excluding steroid dienone is 2. The minimum absolute atomic E-state index is 0.0115. The van der Waals surface area contributed by atoms with Crippen molar-refractivity contribution in [1.29, 1.82) is 0 Å². The molecule has 1 unspecified atom stereocenters. The largest absolute Gasteiger partial charge is 0.412 e. The van der Waals surface area contributed by atoms with E-state index in [9.17, 15) is 31.5 Å². The fourth-order valence-electron chi connectivity index (χ4n) is 3.90. The monoisotopic (exact) mass is 549 g/mol. The summed E-state index contributed by atoms with van der Waals surface area (Å²) in [6.07, 6.45) is -3.62. The molecule has 1 amide bonds. The van der Waals surface area contributed by atoms with Gasteiger partial charge in [-0.3, -0.25) is 4.79 Å². The molecule has 2 heterocycles. The molecule has 1 aromatic carbocycles. The van der Waals surface area contributed by atoms with Crippen molar-refractivity contribution in [3.63, 3.8) is 0 Å². The van der Waals surface area contributed by atoms with E-state index in [0.717, 1.165) is 12.1 Å². The highest BCUT2D eigenvalue weighted by Gasteiger charge is 2.34. The van der Waals surface area contributed by atoms with Gasteiger partial charge < -0.3 is 24.7 Å². The summed E-state index contributed by atoms with van der Waals surface area (Å²) in [5, 5.41) is 12.4. The van der Waals surface area contributed by atoms with Crippen LogP contribution in [0.4, 0.5) is 33.7 Å². The summed E-state index contributed by atoms with van der Waals surface area (Å²) in [7, 11) is 1.41. The molecule has 0 saturated carbocycles. The lowest BCUT2D eigenvalue weighted by Gasteiger charge is -2.41. The van der Waals surface area contributed by atoms with E-state index in [-0.39, 0.29) is 73.3 Å². The lowest BCUT2D eigenvalue weighted by molar-refractivity contribution is -0.120. The molecule has 2 N–H and O–H groups in total. The highest BCUT2D eigenvalue weighted by Crippen LogP contribution is 2.38. The van der Waals surface area contributed by atoms with E-state index in [1.54, 1.807) is 4.90 Å². The van der Waals surface area contributed by atoms with E-state index in [2.05, 4.69) is 20.8 Å². The molecule has 2 aromatic rings. The molecule has 3 rings (SSSR count).